The van der Waals surface area contributed by atoms with Gasteiger partial charge in [-0.15, -0.1) is 0 Å². The smallest absolute Gasteiger partial charge is 0.163 e. The highest BCUT2D eigenvalue weighted by Crippen LogP contribution is 2.16. The summed E-state index contributed by atoms with van der Waals surface area (Å²) in [7, 11) is 0. The molecule has 1 aromatic carbocycles. The zero-order valence-electron chi connectivity index (χ0n) is 9.70. The SMILES string of the molecule is CCC(C)SCCC(=O)c1ccc(F)cc1. The topological polar surface area (TPSA) is 17.1 Å². The summed E-state index contributed by atoms with van der Waals surface area (Å²) < 4.78 is 12.6. The summed E-state index contributed by atoms with van der Waals surface area (Å²) in [4.78, 5) is 11.7. The Hall–Kier alpha value is -0.830. The lowest BCUT2D eigenvalue weighted by atomic mass is 10.1. The molecule has 0 fully saturated rings. The molecule has 0 spiro atoms. The molecule has 1 rings (SSSR count). The summed E-state index contributed by atoms with van der Waals surface area (Å²) in [5, 5.41) is 0.598. The summed E-state index contributed by atoms with van der Waals surface area (Å²) in [6.07, 6.45) is 1.65. The number of halogens is 1. The number of carbonyl (C=O) groups excluding carboxylic acids is 1. The number of rotatable bonds is 6. The van der Waals surface area contributed by atoms with Gasteiger partial charge in [-0.05, 0) is 30.7 Å². The van der Waals surface area contributed by atoms with Crippen LogP contribution in [0.4, 0.5) is 4.39 Å². The summed E-state index contributed by atoms with van der Waals surface area (Å²) in [5.41, 5.74) is 0.603. The molecule has 1 atom stereocenters. The van der Waals surface area contributed by atoms with Crippen LogP contribution in [0, 0.1) is 5.82 Å². The van der Waals surface area contributed by atoms with Crippen LogP contribution >= 0.6 is 11.8 Å². The molecule has 88 valence electrons. The second-order valence-corrected chi connectivity index (χ2v) is 5.32. The molecule has 0 heterocycles. The van der Waals surface area contributed by atoms with Crippen molar-refractivity contribution in [1.29, 1.82) is 0 Å². The summed E-state index contributed by atoms with van der Waals surface area (Å²) in [5.74, 6) is 0.631. The van der Waals surface area contributed by atoms with Gasteiger partial charge in [0.25, 0.3) is 0 Å². The molecule has 1 unspecified atom stereocenters. The van der Waals surface area contributed by atoms with E-state index in [9.17, 15) is 9.18 Å². The average Bonchev–Trinajstić information content (AvgIpc) is 2.29. The molecule has 16 heavy (non-hydrogen) atoms. The Morgan fingerprint density at radius 1 is 1.38 bits per heavy atom. The molecule has 1 aromatic rings. The van der Waals surface area contributed by atoms with Gasteiger partial charge in [0.2, 0.25) is 0 Å². The fraction of sp³-hybridized carbons (Fsp3) is 0.462. The van der Waals surface area contributed by atoms with Gasteiger partial charge in [0.15, 0.2) is 5.78 Å². The number of Topliss-reactive ketones (excluding diaryl/α,β-unsaturated/α-hetero) is 1. The summed E-state index contributed by atoms with van der Waals surface area (Å²) >= 11 is 1.81. The first-order valence-corrected chi connectivity index (χ1v) is 6.58. The molecule has 1 nitrogen and oxygen atoms in total. The first-order chi connectivity index (χ1) is 7.63. The van der Waals surface area contributed by atoms with Crippen LogP contribution in [0.25, 0.3) is 0 Å². The van der Waals surface area contributed by atoms with Crippen molar-refractivity contribution >= 4 is 17.5 Å². The molecular weight excluding hydrogens is 223 g/mol. The Morgan fingerprint density at radius 2 is 2.00 bits per heavy atom. The maximum Gasteiger partial charge on any atom is 0.163 e. The van der Waals surface area contributed by atoms with E-state index < -0.39 is 0 Å². The highest BCUT2D eigenvalue weighted by atomic mass is 32.2. The monoisotopic (exact) mass is 240 g/mol. The van der Waals surface area contributed by atoms with E-state index in [1.54, 1.807) is 12.1 Å². The molecule has 0 aliphatic heterocycles. The molecule has 0 aromatic heterocycles. The largest absolute Gasteiger partial charge is 0.294 e. The van der Waals surface area contributed by atoms with E-state index in [1.807, 2.05) is 11.8 Å². The van der Waals surface area contributed by atoms with Crippen molar-refractivity contribution < 1.29 is 9.18 Å². The second-order valence-electron chi connectivity index (χ2n) is 3.77. The fourth-order valence-corrected chi connectivity index (χ4v) is 2.19. The predicted molar refractivity (Wildman–Crippen MR) is 67.6 cm³/mol. The fourth-order valence-electron chi connectivity index (χ4n) is 1.25. The molecule has 0 aliphatic rings. The van der Waals surface area contributed by atoms with Gasteiger partial charge in [-0.3, -0.25) is 4.79 Å². The third-order valence-electron chi connectivity index (χ3n) is 2.47. The average molecular weight is 240 g/mol. The number of hydrogen-bond acceptors (Lipinski definition) is 2. The van der Waals surface area contributed by atoms with Gasteiger partial charge in [0, 0.05) is 23.0 Å². The number of hydrogen-bond donors (Lipinski definition) is 0. The normalized spacial score (nSPS) is 12.4. The van der Waals surface area contributed by atoms with Gasteiger partial charge in [-0.1, -0.05) is 13.8 Å². The van der Waals surface area contributed by atoms with Crippen LogP contribution in [0.15, 0.2) is 24.3 Å². The third kappa shape index (κ3) is 4.35. The van der Waals surface area contributed by atoms with Gasteiger partial charge in [0.1, 0.15) is 5.82 Å². The van der Waals surface area contributed by atoms with Crippen LogP contribution in [0.3, 0.4) is 0 Å². The van der Waals surface area contributed by atoms with Gasteiger partial charge < -0.3 is 0 Å². The molecule has 3 heteroatoms. The predicted octanol–water partition coefficient (Wildman–Crippen LogP) is 3.93. The Kier molecular flexibility index (Phi) is 5.53. The van der Waals surface area contributed by atoms with Gasteiger partial charge in [0.05, 0.1) is 0 Å². The molecule has 0 saturated heterocycles. The lowest BCUT2D eigenvalue weighted by Crippen LogP contribution is -2.03. The van der Waals surface area contributed by atoms with Gasteiger partial charge in [-0.25, -0.2) is 4.39 Å². The molecule has 0 aliphatic carbocycles. The Bertz CT molecular complexity index is 334. The van der Waals surface area contributed by atoms with E-state index in [-0.39, 0.29) is 11.6 Å². The minimum absolute atomic E-state index is 0.0933. The van der Waals surface area contributed by atoms with Crippen LogP contribution in [0.1, 0.15) is 37.0 Å². The Balaban J connectivity index is 2.38. The van der Waals surface area contributed by atoms with Crippen molar-refractivity contribution in [3.05, 3.63) is 35.6 Å². The van der Waals surface area contributed by atoms with Gasteiger partial charge >= 0.3 is 0 Å². The van der Waals surface area contributed by atoms with Crippen molar-refractivity contribution in [1.82, 2.24) is 0 Å². The second kappa shape index (κ2) is 6.69. The van der Waals surface area contributed by atoms with Crippen LogP contribution in [0.2, 0.25) is 0 Å². The van der Waals surface area contributed by atoms with Crippen molar-refractivity contribution in [2.24, 2.45) is 0 Å². The zero-order valence-corrected chi connectivity index (χ0v) is 10.5. The van der Waals surface area contributed by atoms with Crippen molar-refractivity contribution in [3.63, 3.8) is 0 Å². The lowest BCUT2D eigenvalue weighted by molar-refractivity contribution is 0.0989. The molecule has 0 N–H and O–H groups in total. The number of benzene rings is 1. The van der Waals surface area contributed by atoms with E-state index in [1.165, 1.54) is 12.1 Å². The zero-order chi connectivity index (χ0) is 12.0. The summed E-state index contributed by atoms with van der Waals surface area (Å²) in [6.45, 7) is 4.30. The first-order valence-electron chi connectivity index (χ1n) is 5.54. The van der Waals surface area contributed by atoms with Crippen LogP contribution < -0.4 is 0 Å². The Labute approximate surface area is 100 Å². The molecule has 0 bridgehead atoms. The van der Waals surface area contributed by atoms with E-state index in [0.29, 0.717) is 17.2 Å². The van der Waals surface area contributed by atoms with Crippen LogP contribution in [0.5, 0.6) is 0 Å². The van der Waals surface area contributed by atoms with E-state index in [0.717, 1.165) is 12.2 Å². The standard InChI is InChI=1S/C13H17FOS/c1-3-10(2)16-9-8-13(15)11-4-6-12(14)7-5-11/h4-7,10H,3,8-9H2,1-2H3. The number of carbonyl (C=O) groups is 1. The summed E-state index contributed by atoms with van der Waals surface area (Å²) in [6, 6.07) is 5.75. The third-order valence-corrected chi connectivity index (χ3v) is 3.81. The number of ketones is 1. The molecule has 0 radical (unpaired) electrons. The lowest BCUT2D eigenvalue weighted by Gasteiger charge is -2.07. The van der Waals surface area contributed by atoms with Crippen molar-refractivity contribution in [2.45, 2.75) is 31.9 Å². The first kappa shape index (κ1) is 13.2. The maximum atomic E-state index is 12.6. The van der Waals surface area contributed by atoms with Crippen molar-refractivity contribution in [2.75, 3.05) is 5.75 Å². The molecular formula is C13H17FOS. The van der Waals surface area contributed by atoms with Crippen LogP contribution in [-0.4, -0.2) is 16.8 Å². The quantitative estimate of drug-likeness (QED) is 0.701. The van der Waals surface area contributed by atoms with E-state index >= 15 is 0 Å². The van der Waals surface area contributed by atoms with Crippen LogP contribution in [-0.2, 0) is 0 Å². The highest BCUT2D eigenvalue weighted by Gasteiger charge is 2.07. The number of thioether (sulfide) groups is 1. The Morgan fingerprint density at radius 3 is 2.56 bits per heavy atom. The highest BCUT2D eigenvalue weighted by molar-refractivity contribution is 7.99. The van der Waals surface area contributed by atoms with Gasteiger partial charge in [-0.2, -0.15) is 11.8 Å². The molecule has 0 saturated carbocycles. The minimum Gasteiger partial charge on any atom is -0.294 e. The molecule has 0 amide bonds. The van der Waals surface area contributed by atoms with Crippen molar-refractivity contribution in [3.8, 4) is 0 Å². The maximum absolute atomic E-state index is 12.6. The van der Waals surface area contributed by atoms with E-state index in [2.05, 4.69) is 13.8 Å². The minimum atomic E-state index is -0.300. The van der Waals surface area contributed by atoms with E-state index in [4.69, 9.17) is 0 Å².